The number of halogens is 1. The lowest BCUT2D eigenvalue weighted by Crippen LogP contribution is -2.44. The highest BCUT2D eigenvalue weighted by atomic mass is 35.5. The van der Waals surface area contributed by atoms with Gasteiger partial charge in [0, 0.05) is 37.7 Å². The molecule has 116 valence electrons. The zero-order valence-corrected chi connectivity index (χ0v) is 12.9. The van der Waals surface area contributed by atoms with Crippen molar-refractivity contribution in [1.29, 1.82) is 0 Å². The Morgan fingerprint density at radius 1 is 1.14 bits per heavy atom. The second-order valence-corrected chi connectivity index (χ2v) is 5.45. The van der Waals surface area contributed by atoms with Gasteiger partial charge >= 0.3 is 6.03 Å². The number of benzene rings is 1. The van der Waals surface area contributed by atoms with E-state index in [2.05, 4.69) is 15.5 Å². The molecular weight excluding hydrogens is 290 g/mol. The maximum atomic E-state index is 11.6. The van der Waals surface area contributed by atoms with Gasteiger partial charge in [0.25, 0.3) is 0 Å². The van der Waals surface area contributed by atoms with Crippen LogP contribution < -0.4 is 10.6 Å². The maximum Gasteiger partial charge on any atom is 0.314 e. The number of morpholine rings is 1. The van der Waals surface area contributed by atoms with Crippen LogP contribution in [0, 0.1) is 0 Å². The largest absolute Gasteiger partial charge is 0.379 e. The molecule has 0 aliphatic carbocycles. The number of carbonyl (C=O) groups excluding carboxylic acids is 1. The number of amides is 2. The third-order valence-electron chi connectivity index (χ3n) is 3.43. The summed E-state index contributed by atoms with van der Waals surface area (Å²) in [5.74, 6) is 0. The predicted octanol–water partition coefficient (Wildman–Crippen LogP) is 1.51. The third kappa shape index (κ3) is 6.33. The molecule has 1 aliphatic rings. The standard InChI is InChI=1S/C15H22ClN3O2/c16-14-3-1-13(2-4-14)5-6-17-15(20)18-7-8-19-9-11-21-12-10-19/h1-4H,5-12H2,(H2,17,18,20). The zero-order valence-electron chi connectivity index (χ0n) is 12.1. The van der Waals surface area contributed by atoms with Crippen LogP contribution in [-0.2, 0) is 11.2 Å². The van der Waals surface area contributed by atoms with E-state index in [1.807, 2.05) is 24.3 Å². The first-order chi connectivity index (χ1) is 10.2. The first kappa shape index (κ1) is 16.1. The smallest absolute Gasteiger partial charge is 0.314 e. The minimum Gasteiger partial charge on any atom is -0.379 e. The fourth-order valence-electron chi connectivity index (χ4n) is 2.19. The minimum absolute atomic E-state index is 0.114. The van der Waals surface area contributed by atoms with Crippen molar-refractivity contribution in [3.63, 3.8) is 0 Å². The van der Waals surface area contributed by atoms with Crippen LogP contribution in [0.2, 0.25) is 5.02 Å². The van der Waals surface area contributed by atoms with Crippen molar-refractivity contribution in [3.05, 3.63) is 34.9 Å². The molecule has 0 spiro atoms. The fourth-order valence-corrected chi connectivity index (χ4v) is 2.31. The molecule has 0 unspecified atom stereocenters. The summed E-state index contributed by atoms with van der Waals surface area (Å²) in [4.78, 5) is 13.9. The van der Waals surface area contributed by atoms with Gasteiger partial charge in [-0.2, -0.15) is 0 Å². The normalized spacial score (nSPS) is 15.7. The number of hydrogen-bond donors (Lipinski definition) is 2. The topological polar surface area (TPSA) is 53.6 Å². The molecule has 0 aromatic heterocycles. The van der Waals surface area contributed by atoms with Crippen LogP contribution in [-0.4, -0.2) is 56.9 Å². The Morgan fingerprint density at radius 2 is 1.81 bits per heavy atom. The fraction of sp³-hybridized carbons (Fsp3) is 0.533. The Balaban J connectivity index is 1.54. The third-order valence-corrected chi connectivity index (χ3v) is 3.68. The van der Waals surface area contributed by atoms with Gasteiger partial charge in [0.05, 0.1) is 13.2 Å². The first-order valence-electron chi connectivity index (χ1n) is 7.30. The van der Waals surface area contributed by atoms with Crippen molar-refractivity contribution in [2.24, 2.45) is 0 Å². The van der Waals surface area contributed by atoms with E-state index in [1.54, 1.807) is 0 Å². The zero-order chi connectivity index (χ0) is 14.9. The summed E-state index contributed by atoms with van der Waals surface area (Å²) in [6.07, 6.45) is 0.800. The highest BCUT2D eigenvalue weighted by Crippen LogP contribution is 2.09. The van der Waals surface area contributed by atoms with Gasteiger partial charge in [0.2, 0.25) is 0 Å². The monoisotopic (exact) mass is 311 g/mol. The molecule has 1 saturated heterocycles. The molecule has 5 nitrogen and oxygen atoms in total. The molecule has 1 aromatic rings. The van der Waals surface area contributed by atoms with Crippen LogP contribution in [0.15, 0.2) is 24.3 Å². The van der Waals surface area contributed by atoms with Gasteiger partial charge in [-0.05, 0) is 24.1 Å². The molecule has 2 rings (SSSR count). The Labute approximate surface area is 130 Å². The molecule has 0 bridgehead atoms. The van der Waals surface area contributed by atoms with Crippen LogP contribution in [0.4, 0.5) is 4.79 Å². The van der Waals surface area contributed by atoms with E-state index in [-0.39, 0.29) is 6.03 Å². The maximum absolute atomic E-state index is 11.6. The number of urea groups is 1. The van der Waals surface area contributed by atoms with Crippen molar-refractivity contribution in [2.45, 2.75) is 6.42 Å². The number of hydrogen-bond acceptors (Lipinski definition) is 3. The highest BCUT2D eigenvalue weighted by Gasteiger charge is 2.09. The summed E-state index contributed by atoms with van der Waals surface area (Å²) in [6, 6.07) is 7.55. The molecule has 6 heteroatoms. The molecule has 21 heavy (non-hydrogen) atoms. The molecule has 1 heterocycles. The SMILES string of the molecule is O=C(NCCc1ccc(Cl)cc1)NCCN1CCOCC1. The lowest BCUT2D eigenvalue weighted by atomic mass is 10.1. The van der Waals surface area contributed by atoms with Crippen molar-refractivity contribution in [3.8, 4) is 0 Å². The van der Waals surface area contributed by atoms with E-state index in [0.29, 0.717) is 13.1 Å². The van der Waals surface area contributed by atoms with Crippen LogP contribution in [0.25, 0.3) is 0 Å². The average molecular weight is 312 g/mol. The molecule has 0 saturated carbocycles. The Bertz CT molecular complexity index is 433. The molecule has 1 aliphatic heterocycles. The van der Waals surface area contributed by atoms with Gasteiger partial charge in [-0.3, -0.25) is 4.90 Å². The van der Waals surface area contributed by atoms with E-state index in [4.69, 9.17) is 16.3 Å². The second kappa shape index (κ2) is 8.87. The van der Waals surface area contributed by atoms with Crippen LogP contribution >= 0.6 is 11.6 Å². The number of nitrogens with zero attached hydrogens (tertiary/aromatic N) is 1. The summed E-state index contributed by atoms with van der Waals surface area (Å²) in [6.45, 7) is 5.60. The number of rotatable bonds is 6. The van der Waals surface area contributed by atoms with Crippen LogP contribution in [0.1, 0.15) is 5.56 Å². The Hall–Kier alpha value is -1.30. The number of carbonyl (C=O) groups is 1. The van der Waals surface area contributed by atoms with Gasteiger partial charge in [0.1, 0.15) is 0 Å². The second-order valence-electron chi connectivity index (χ2n) is 5.01. The molecule has 2 amide bonds. The lowest BCUT2D eigenvalue weighted by molar-refractivity contribution is 0.0387. The van der Waals surface area contributed by atoms with E-state index >= 15 is 0 Å². The van der Waals surface area contributed by atoms with E-state index in [1.165, 1.54) is 0 Å². The number of nitrogens with one attached hydrogen (secondary N) is 2. The average Bonchev–Trinajstić information content (AvgIpc) is 2.50. The summed E-state index contributed by atoms with van der Waals surface area (Å²) in [7, 11) is 0. The van der Waals surface area contributed by atoms with Crippen molar-refractivity contribution >= 4 is 17.6 Å². The molecule has 0 radical (unpaired) electrons. The van der Waals surface area contributed by atoms with Crippen LogP contribution in [0.5, 0.6) is 0 Å². The first-order valence-corrected chi connectivity index (χ1v) is 7.68. The summed E-state index contributed by atoms with van der Waals surface area (Å²) in [5, 5.41) is 6.46. The van der Waals surface area contributed by atoms with Crippen molar-refractivity contribution < 1.29 is 9.53 Å². The van der Waals surface area contributed by atoms with E-state index < -0.39 is 0 Å². The lowest BCUT2D eigenvalue weighted by Gasteiger charge is -2.26. The molecule has 0 atom stereocenters. The summed E-state index contributed by atoms with van der Waals surface area (Å²) in [5.41, 5.74) is 1.16. The summed E-state index contributed by atoms with van der Waals surface area (Å²) < 4.78 is 5.28. The molecule has 1 aromatic carbocycles. The molecular formula is C15H22ClN3O2. The van der Waals surface area contributed by atoms with E-state index in [9.17, 15) is 4.79 Å². The summed E-state index contributed by atoms with van der Waals surface area (Å²) >= 11 is 5.83. The Kier molecular flexibility index (Phi) is 6.79. The Morgan fingerprint density at radius 3 is 2.52 bits per heavy atom. The molecule has 1 fully saturated rings. The van der Waals surface area contributed by atoms with Gasteiger partial charge in [0.15, 0.2) is 0 Å². The van der Waals surface area contributed by atoms with E-state index in [0.717, 1.165) is 49.9 Å². The van der Waals surface area contributed by atoms with Crippen molar-refractivity contribution in [2.75, 3.05) is 45.9 Å². The van der Waals surface area contributed by atoms with Gasteiger partial charge in [-0.1, -0.05) is 23.7 Å². The predicted molar refractivity (Wildman–Crippen MR) is 83.8 cm³/mol. The van der Waals surface area contributed by atoms with Crippen LogP contribution in [0.3, 0.4) is 0 Å². The minimum atomic E-state index is -0.114. The molecule has 2 N–H and O–H groups in total. The van der Waals surface area contributed by atoms with Gasteiger partial charge in [-0.25, -0.2) is 4.79 Å². The number of ether oxygens (including phenoxy) is 1. The van der Waals surface area contributed by atoms with Crippen molar-refractivity contribution in [1.82, 2.24) is 15.5 Å². The van der Waals surface area contributed by atoms with Gasteiger partial charge < -0.3 is 15.4 Å². The highest BCUT2D eigenvalue weighted by molar-refractivity contribution is 6.30. The quantitative estimate of drug-likeness (QED) is 0.837. The van der Waals surface area contributed by atoms with Gasteiger partial charge in [-0.15, -0.1) is 0 Å².